The largest absolute Gasteiger partial charge is 0.351 e. The smallest absolute Gasteiger partial charge is 0.341 e. The normalized spacial score (nSPS) is 15.2. The second-order valence-corrected chi connectivity index (χ2v) is 8.55. The standard InChI is InChI=1S/C17H17F2N7O3S/c1-24-14-13(22-23-24)15(21-10-20-14)25-6-8-26(9-7-25)16(27)11-4-2-3-5-12(11)30(28,29)17(18)19/h2-5,10,17H,6-9H2,1H3. The minimum absolute atomic E-state index is 0.258. The molecule has 0 saturated carbocycles. The lowest BCUT2D eigenvalue weighted by Crippen LogP contribution is -2.49. The highest BCUT2D eigenvalue weighted by Gasteiger charge is 2.33. The Balaban J connectivity index is 1.55. The maximum atomic E-state index is 13.0. The van der Waals surface area contributed by atoms with Crippen molar-refractivity contribution in [2.75, 3.05) is 31.1 Å². The van der Waals surface area contributed by atoms with Crippen molar-refractivity contribution in [3.63, 3.8) is 0 Å². The molecule has 1 aliphatic heterocycles. The fourth-order valence-electron chi connectivity index (χ4n) is 3.35. The number of carbonyl (C=O) groups excluding carboxylic acids is 1. The number of carbonyl (C=O) groups is 1. The molecule has 30 heavy (non-hydrogen) atoms. The van der Waals surface area contributed by atoms with Crippen LogP contribution in [-0.2, 0) is 16.9 Å². The van der Waals surface area contributed by atoms with Gasteiger partial charge in [-0.3, -0.25) is 4.79 Å². The van der Waals surface area contributed by atoms with Crippen LogP contribution in [0.2, 0.25) is 0 Å². The first-order chi connectivity index (χ1) is 14.3. The van der Waals surface area contributed by atoms with E-state index in [4.69, 9.17) is 0 Å². The van der Waals surface area contributed by atoms with Gasteiger partial charge in [-0.05, 0) is 12.1 Å². The van der Waals surface area contributed by atoms with Gasteiger partial charge in [0, 0.05) is 33.2 Å². The average Bonchev–Trinajstić information content (AvgIpc) is 3.14. The first-order valence-corrected chi connectivity index (χ1v) is 10.5. The molecule has 0 bridgehead atoms. The van der Waals surface area contributed by atoms with E-state index in [0.29, 0.717) is 30.1 Å². The van der Waals surface area contributed by atoms with Crippen LogP contribution in [-0.4, -0.2) is 76.1 Å². The van der Waals surface area contributed by atoms with E-state index in [1.54, 1.807) is 7.05 Å². The van der Waals surface area contributed by atoms with Gasteiger partial charge in [0.25, 0.3) is 5.91 Å². The molecule has 1 saturated heterocycles. The SMILES string of the molecule is Cn1nnc2c(N3CCN(C(=O)c4ccccc4S(=O)(=O)C(F)F)CC3)ncnc21. The molecule has 0 N–H and O–H groups in total. The third kappa shape index (κ3) is 3.34. The number of nitrogens with zero attached hydrogens (tertiary/aromatic N) is 7. The number of halogens is 2. The number of benzene rings is 1. The zero-order chi connectivity index (χ0) is 21.5. The summed E-state index contributed by atoms with van der Waals surface area (Å²) in [5.41, 5.74) is 0.849. The second-order valence-electron chi connectivity index (χ2n) is 6.66. The first-order valence-electron chi connectivity index (χ1n) is 8.96. The van der Waals surface area contributed by atoms with Crippen LogP contribution in [0.4, 0.5) is 14.6 Å². The maximum absolute atomic E-state index is 13.0. The van der Waals surface area contributed by atoms with E-state index in [-0.39, 0.29) is 18.7 Å². The average molecular weight is 437 g/mol. The van der Waals surface area contributed by atoms with Gasteiger partial charge in [-0.25, -0.2) is 23.1 Å². The minimum atomic E-state index is -4.89. The minimum Gasteiger partial charge on any atom is -0.351 e. The molecule has 0 radical (unpaired) electrons. The van der Waals surface area contributed by atoms with Gasteiger partial charge >= 0.3 is 5.76 Å². The molecule has 1 amide bonds. The fraction of sp³-hybridized carbons (Fsp3) is 0.353. The Bertz CT molecular complexity index is 1210. The Hall–Kier alpha value is -3.22. The Labute approximate surface area is 170 Å². The molecule has 3 aromatic rings. The van der Waals surface area contributed by atoms with Crippen molar-refractivity contribution < 1.29 is 22.0 Å². The summed E-state index contributed by atoms with van der Waals surface area (Å²) in [5.74, 6) is -3.63. The summed E-state index contributed by atoms with van der Waals surface area (Å²) in [5, 5.41) is 8.01. The van der Waals surface area contributed by atoms with Gasteiger partial charge in [0.1, 0.15) is 6.33 Å². The van der Waals surface area contributed by atoms with E-state index in [2.05, 4.69) is 20.3 Å². The van der Waals surface area contributed by atoms with Crippen LogP contribution >= 0.6 is 0 Å². The number of sulfone groups is 1. The number of piperazine rings is 1. The van der Waals surface area contributed by atoms with Crippen molar-refractivity contribution in [3.8, 4) is 0 Å². The van der Waals surface area contributed by atoms with Crippen molar-refractivity contribution in [2.24, 2.45) is 7.05 Å². The highest BCUT2D eigenvalue weighted by molar-refractivity contribution is 7.91. The van der Waals surface area contributed by atoms with E-state index in [0.717, 1.165) is 6.07 Å². The predicted molar refractivity (Wildman–Crippen MR) is 102 cm³/mol. The summed E-state index contributed by atoms with van der Waals surface area (Å²) in [6.45, 7) is 1.32. The lowest BCUT2D eigenvalue weighted by Gasteiger charge is -2.35. The number of alkyl halides is 2. The third-order valence-corrected chi connectivity index (χ3v) is 6.33. The summed E-state index contributed by atoms with van der Waals surface area (Å²) in [4.78, 5) is 24.0. The summed E-state index contributed by atoms with van der Waals surface area (Å²) in [7, 11) is -3.18. The molecule has 0 unspecified atom stereocenters. The zero-order valence-electron chi connectivity index (χ0n) is 15.8. The fourth-order valence-corrected chi connectivity index (χ4v) is 4.27. The van der Waals surface area contributed by atoms with Crippen LogP contribution in [0.1, 0.15) is 10.4 Å². The van der Waals surface area contributed by atoms with Gasteiger partial charge in [0.15, 0.2) is 17.0 Å². The van der Waals surface area contributed by atoms with Crippen LogP contribution in [0.3, 0.4) is 0 Å². The van der Waals surface area contributed by atoms with Gasteiger partial charge in [-0.1, -0.05) is 17.3 Å². The van der Waals surface area contributed by atoms with Crippen LogP contribution in [0.5, 0.6) is 0 Å². The van der Waals surface area contributed by atoms with Crippen molar-refractivity contribution in [1.82, 2.24) is 29.9 Å². The monoisotopic (exact) mass is 437 g/mol. The van der Waals surface area contributed by atoms with Crippen molar-refractivity contribution in [3.05, 3.63) is 36.2 Å². The Kier molecular flexibility index (Phi) is 5.05. The molecule has 1 aliphatic rings. The van der Waals surface area contributed by atoms with Gasteiger partial charge in [0.05, 0.1) is 10.5 Å². The van der Waals surface area contributed by atoms with E-state index >= 15 is 0 Å². The Morgan fingerprint density at radius 3 is 2.50 bits per heavy atom. The lowest BCUT2D eigenvalue weighted by atomic mass is 10.2. The topological polar surface area (TPSA) is 114 Å². The quantitative estimate of drug-likeness (QED) is 0.587. The third-order valence-electron chi connectivity index (χ3n) is 4.89. The summed E-state index contributed by atoms with van der Waals surface area (Å²) in [6.07, 6.45) is 1.41. The lowest BCUT2D eigenvalue weighted by molar-refractivity contribution is 0.0742. The highest BCUT2D eigenvalue weighted by Crippen LogP contribution is 2.25. The maximum Gasteiger partial charge on any atom is 0.341 e. The molecular weight excluding hydrogens is 420 g/mol. The van der Waals surface area contributed by atoms with Crippen LogP contribution in [0.25, 0.3) is 11.2 Å². The molecule has 0 aliphatic carbocycles. The summed E-state index contributed by atoms with van der Waals surface area (Å²) in [6, 6.07) is 5.03. The number of aryl methyl sites for hydroxylation is 1. The van der Waals surface area contributed by atoms with E-state index in [1.165, 1.54) is 34.1 Å². The van der Waals surface area contributed by atoms with Crippen LogP contribution in [0.15, 0.2) is 35.5 Å². The number of rotatable bonds is 4. The number of hydrogen-bond acceptors (Lipinski definition) is 8. The van der Waals surface area contributed by atoms with Gasteiger partial charge in [-0.15, -0.1) is 5.10 Å². The van der Waals surface area contributed by atoms with Crippen LogP contribution in [0, 0.1) is 0 Å². The number of anilines is 1. The molecule has 13 heteroatoms. The van der Waals surface area contributed by atoms with Gasteiger partial charge in [-0.2, -0.15) is 8.78 Å². The number of fused-ring (bicyclic) bond motifs is 1. The molecule has 4 rings (SSSR count). The van der Waals surface area contributed by atoms with Crippen molar-refractivity contribution in [1.29, 1.82) is 0 Å². The molecule has 1 aromatic carbocycles. The van der Waals surface area contributed by atoms with Gasteiger partial charge in [0.2, 0.25) is 9.84 Å². The molecule has 2 aromatic heterocycles. The molecule has 1 fully saturated rings. The highest BCUT2D eigenvalue weighted by atomic mass is 32.2. The first kappa shape index (κ1) is 20.1. The molecule has 10 nitrogen and oxygen atoms in total. The number of hydrogen-bond donors (Lipinski definition) is 0. The molecule has 0 spiro atoms. The Morgan fingerprint density at radius 1 is 1.10 bits per heavy atom. The molecule has 158 valence electrons. The van der Waals surface area contributed by atoms with E-state index < -0.39 is 26.4 Å². The van der Waals surface area contributed by atoms with Gasteiger partial charge < -0.3 is 9.80 Å². The molecule has 3 heterocycles. The number of aromatic nitrogens is 5. The molecular formula is C17H17F2N7O3S. The van der Waals surface area contributed by atoms with E-state index in [9.17, 15) is 22.0 Å². The Morgan fingerprint density at radius 2 is 1.80 bits per heavy atom. The zero-order valence-corrected chi connectivity index (χ0v) is 16.6. The van der Waals surface area contributed by atoms with Crippen molar-refractivity contribution in [2.45, 2.75) is 10.7 Å². The summed E-state index contributed by atoms with van der Waals surface area (Å²) < 4.78 is 51.4. The summed E-state index contributed by atoms with van der Waals surface area (Å²) >= 11 is 0. The molecule has 0 atom stereocenters. The second kappa shape index (κ2) is 7.55. The number of amides is 1. The van der Waals surface area contributed by atoms with Crippen LogP contribution < -0.4 is 4.90 Å². The predicted octanol–water partition coefficient (Wildman–Crippen LogP) is 0.717. The van der Waals surface area contributed by atoms with E-state index in [1.807, 2.05) is 4.90 Å². The van der Waals surface area contributed by atoms with Crippen molar-refractivity contribution >= 4 is 32.7 Å².